The third-order valence-electron chi connectivity index (χ3n) is 9.61. The fourth-order valence-electron chi connectivity index (χ4n) is 6.78. The molecule has 2 aliphatic heterocycles. The largest absolute Gasteiger partial charge is 0.354 e. The second-order valence-corrected chi connectivity index (χ2v) is 13.7. The molecule has 6 aromatic rings. The average molecular weight is 781 g/mol. The number of carbonyl (C=O) groups excluding carboxylic acids is 5. The minimum atomic E-state index is -0.626. The van der Waals surface area contributed by atoms with Crippen LogP contribution in [0.15, 0.2) is 158 Å². The standard InChI is InChI=1S/C46H36N8O5/c1-28(30-12-4-2-5-13-30)48-42(55)32-20-21-38-37(24-32)40(43(56)52-38)41(31-14-6-3-7-15-31)49-33-16-8-17-34(25-33)50-45(58)51-35-18-9-19-36(26-35)54-44(57)39(53-46(54)59)23-29-11-10-22-47-27-29/h2-28,49H,1H3,(H,48,55)(H,52,56)(H,53,59)(H2,50,51,58)/b39-23-,41-40-/t28-/m0/s1. The van der Waals surface area contributed by atoms with Crippen LogP contribution in [0, 0.1) is 0 Å². The minimum Gasteiger partial charge on any atom is -0.354 e. The van der Waals surface area contributed by atoms with Crippen molar-refractivity contribution in [2.75, 3.05) is 26.2 Å². The molecule has 7 amide bonds. The van der Waals surface area contributed by atoms with Crippen molar-refractivity contribution in [1.29, 1.82) is 0 Å². The van der Waals surface area contributed by atoms with E-state index in [1.54, 1.807) is 85.2 Å². The average Bonchev–Trinajstić information content (AvgIpc) is 3.73. The molecule has 3 heterocycles. The number of rotatable bonds is 10. The lowest BCUT2D eigenvalue weighted by Crippen LogP contribution is -2.30. The molecular weight excluding hydrogens is 745 g/mol. The van der Waals surface area contributed by atoms with Gasteiger partial charge in [0.1, 0.15) is 5.70 Å². The normalized spacial score (nSPS) is 15.2. The first-order chi connectivity index (χ1) is 28.7. The molecule has 0 saturated carbocycles. The van der Waals surface area contributed by atoms with E-state index in [1.807, 2.05) is 67.6 Å². The second-order valence-electron chi connectivity index (χ2n) is 13.7. The van der Waals surface area contributed by atoms with Gasteiger partial charge in [0.15, 0.2) is 0 Å². The molecule has 2 aliphatic rings. The van der Waals surface area contributed by atoms with Gasteiger partial charge >= 0.3 is 12.1 Å². The van der Waals surface area contributed by atoms with Crippen LogP contribution in [0.2, 0.25) is 0 Å². The Morgan fingerprint density at radius 1 is 0.695 bits per heavy atom. The molecule has 0 bridgehead atoms. The Bertz CT molecular complexity index is 2680. The van der Waals surface area contributed by atoms with E-state index in [9.17, 15) is 24.0 Å². The maximum absolute atomic E-state index is 13.7. The van der Waals surface area contributed by atoms with Crippen molar-refractivity contribution >= 4 is 75.6 Å². The van der Waals surface area contributed by atoms with Crippen LogP contribution in [0.3, 0.4) is 0 Å². The van der Waals surface area contributed by atoms with Gasteiger partial charge in [0.2, 0.25) is 0 Å². The van der Waals surface area contributed by atoms with Gasteiger partial charge < -0.3 is 31.9 Å². The van der Waals surface area contributed by atoms with Crippen LogP contribution in [-0.4, -0.2) is 34.8 Å². The Morgan fingerprint density at radius 2 is 1.39 bits per heavy atom. The molecule has 8 rings (SSSR count). The first kappa shape index (κ1) is 37.6. The van der Waals surface area contributed by atoms with Gasteiger partial charge in [0.25, 0.3) is 17.7 Å². The first-order valence-corrected chi connectivity index (χ1v) is 18.6. The first-order valence-electron chi connectivity index (χ1n) is 18.6. The highest BCUT2D eigenvalue weighted by atomic mass is 16.2. The van der Waals surface area contributed by atoms with Crippen molar-refractivity contribution in [1.82, 2.24) is 15.6 Å². The van der Waals surface area contributed by atoms with Gasteiger partial charge in [-0.2, -0.15) is 0 Å². The van der Waals surface area contributed by atoms with Crippen LogP contribution < -0.4 is 36.8 Å². The number of nitrogens with one attached hydrogen (secondary N) is 6. The number of hydrogen-bond donors (Lipinski definition) is 6. The summed E-state index contributed by atoms with van der Waals surface area (Å²) in [6, 6.07) is 39.5. The summed E-state index contributed by atoms with van der Waals surface area (Å²) in [5, 5.41) is 17.6. The summed E-state index contributed by atoms with van der Waals surface area (Å²) in [5.74, 6) is -1.17. The van der Waals surface area contributed by atoms with Crippen molar-refractivity contribution in [3.05, 3.63) is 185 Å². The van der Waals surface area contributed by atoms with Crippen molar-refractivity contribution < 1.29 is 24.0 Å². The molecule has 0 radical (unpaired) electrons. The predicted octanol–water partition coefficient (Wildman–Crippen LogP) is 8.25. The number of benzene rings is 5. The molecule has 13 nitrogen and oxygen atoms in total. The van der Waals surface area contributed by atoms with Crippen LogP contribution in [-0.2, 0) is 9.59 Å². The summed E-state index contributed by atoms with van der Waals surface area (Å²) in [4.78, 5) is 71.4. The summed E-state index contributed by atoms with van der Waals surface area (Å²) < 4.78 is 0. The summed E-state index contributed by atoms with van der Waals surface area (Å²) in [7, 11) is 0. The van der Waals surface area contributed by atoms with E-state index in [0.29, 0.717) is 50.7 Å². The van der Waals surface area contributed by atoms with Crippen LogP contribution in [0.5, 0.6) is 0 Å². The van der Waals surface area contributed by atoms with Gasteiger partial charge in [-0.15, -0.1) is 0 Å². The smallest absolute Gasteiger partial charge is 0.333 e. The number of anilines is 5. The number of imide groups is 1. The van der Waals surface area contributed by atoms with E-state index in [2.05, 4.69) is 36.9 Å². The number of aromatic nitrogens is 1. The molecular formula is C46H36N8O5. The number of fused-ring (bicyclic) bond motifs is 1. The van der Waals surface area contributed by atoms with Gasteiger partial charge in [0, 0.05) is 46.3 Å². The predicted molar refractivity (Wildman–Crippen MR) is 228 cm³/mol. The van der Waals surface area contributed by atoms with E-state index in [4.69, 9.17) is 0 Å². The molecule has 6 N–H and O–H groups in total. The molecule has 290 valence electrons. The van der Waals surface area contributed by atoms with E-state index < -0.39 is 18.0 Å². The molecule has 1 aromatic heterocycles. The van der Waals surface area contributed by atoms with E-state index in [1.165, 1.54) is 12.1 Å². The number of amides is 7. The number of pyridine rings is 1. The monoisotopic (exact) mass is 780 g/mol. The van der Waals surface area contributed by atoms with Crippen LogP contribution in [0.1, 0.15) is 45.6 Å². The highest BCUT2D eigenvalue weighted by Gasteiger charge is 2.35. The number of carbonyl (C=O) groups is 5. The fourth-order valence-corrected chi connectivity index (χ4v) is 6.78. The van der Waals surface area contributed by atoms with Crippen LogP contribution in [0.25, 0.3) is 17.3 Å². The molecule has 0 unspecified atom stereocenters. The Balaban J connectivity index is 1.00. The van der Waals surface area contributed by atoms with Gasteiger partial charge in [-0.1, -0.05) is 78.9 Å². The number of urea groups is 2. The summed E-state index contributed by atoms with van der Waals surface area (Å²) in [6.45, 7) is 1.91. The highest BCUT2D eigenvalue weighted by Crippen LogP contribution is 2.38. The van der Waals surface area contributed by atoms with Crippen molar-refractivity contribution in [3.8, 4) is 0 Å². The third kappa shape index (κ3) is 8.30. The summed E-state index contributed by atoms with van der Waals surface area (Å²) in [6.07, 6.45) is 4.72. The van der Waals surface area contributed by atoms with Crippen LogP contribution in [0.4, 0.5) is 38.0 Å². The molecule has 5 aromatic carbocycles. The highest BCUT2D eigenvalue weighted by molar-refractivity contribution is 6.37. The Hall–Kier alpha value is -8.32. The quantitative estimate of drug-likeness (QED) is 0.0600. The lowest BCUT2D eigenvalue weighted by atomic mass is 9.98. The number of nitrogens with zero attached hydrogens (tertiary/aromatic N) is 2. The van der Waals surface area contributed by atoms with Crippen molar-refractivity contribution in [2.24, 2.45) is 0 Å². The maximum Gasteiger partial charge on any atom is 0.333 e. The van der Waals surface area contributed by atoms with Crippen molar-refractivity contribution in [3.63, 3.8) is 0 Å². The van der Waals surface area contributed by atoms with Crippen LogP contribution >= 0.6 is 0 Å². The Labute approximate surface area is 338 Å². The molecule has 1 saturated heterocycles. The SMILES string of the molecule is C[C@H](NC(=O)c1ccc2c(c1)/C(=C(/Nc1cccc(NC(=O)Nc3cccc(N4C(=O)N/C(=C\c5cccnc5)C4=O)c3)c1)c1ccccc1)C(=O)N2)c1ccccc1. The fraction of sp³-hybridized carbons (Fsp3) is 0.0435. The zero-order chi connectivity index (χ0) is 40.9. The third-order valence-corrected chi connectivity index (χ3v) is 9.61. The molecule has 1 fully saturated rings. The zero-order valence-electron chi connectivity index (χ0n) is 31.5. The van der Waals surface area contributed by atoms with Gasteiger partial charge in [-0.25, -0.2) is 14.5 Å². The zero-order valence-corrected chi connectivity index (χ0v) is 31.5. The van der Waals surface area contributed by atoms with Crippen molar-refractivity contribution in [2.45, 2.75) is 13.0 Å². The van der Waals surface area contributed by atoms with Gasteiger partial charge in [0.05, 0.1) is 23.0 Å². The topological polar surface area (TPSA) is 174 Å². The van der Waals surface area contributed by atoms with E-state index in [0.717, 1.165) is 16.0 Å². The molecule has 1 atom stereocenters. The molecule has 0 aliphatic carbocycles. The van der Waals surface area contributed by atoms with Gasteiger partial charge in [-0.3, -0.25) is 19.4 Å². The summed E-state index contributed by atoms with van der Waals surface area (Å²) in [5.41, 5.74) is 6.40. The maximum atomic E-state index is 13.7. The Morgan fingerprint density at radius 3 is 2.12 bits per heavy atom. The Kier molecular flexibility index (Phi) is 10.5. The molecule has 13 heteroatoms. The minimum absolute atomic E-state index is 0.0952. The number of hydrogen-bond acceptors (Lipinski definition) is 7. The van der Waals surface area contributed by atoms with Gasteiger partial charge in [-0.05, 0) is 90.4 Å². The summed E-state index contributed by atoms with van der Waals surface area (Å²) >= 11 is 0. The lowest BCUT2D eigenvalue weighted by molar-refractivity contribution is -0.114. The second kappa shape index (κ2) is 16.4. The van der Waals surface area contributed by atoms with E-state index in [-0.39, 0.29) is 29.2 Å². The molecule has 0 spiro atoms. The lowest BCUT2D eigenvalue weighted by Gasteiger charge is -2.17. The van der Waals surface area contributed by atoms with E-state index >= 15 is 0 Å². The molecule has 59 heavy (non-hydrogen) atoms.